The topological polar surface area (TPSA) is 33.0 Å². The second-order valence-corrected chi connectivity index (χ2v) is 2.42. The zero-order valence-corrected chi connectivity index (χ0v) is 5.56. The number of nitriles is 1. The molecular formula is C6H6F3NO. The molecule has 0 aromatic rings. The molecule has 0 radical (unpaired) electrons. The fraction of sp³-hybridized carbons (Fsp3) is 0.833. The highest BCUT2D eigenvalue weighted by Gasteiger charge is 2.48. The number of hydrogen-bond donors (Lipinski definition) is 0. The van der Waals surface area contributed by atoms with E-state index in [1.54, 1.807) is 6.07 Å². The summed E-state index contributed by atoms with van der Waals surface area (Å²) >= 11 is 0. The number of halogens is 3. The highest BCUT2D eigenvalue weighted by molar-refractivity contribution is 4.94. The van der Waals surface area contributed by atoms with Crippen molar-refractivity contribution in [3.8, 4) is 6.07 Å². The van der Waals surface area contributed by atoms with Crippen molar-refractivity contribution in [3.63, 3.8) is 0 Å². The summed E-state index contributed by atoms with van der Waals surface area (Å²) in [6.07, 6.45) is -4.29. The van der Waals surface area contributed by atoms with E-state index in [4.69, 9.17) is 5.26 Å². The van der Waals surface area contributed by atoms with Gasteiger partial charge in [-0.1, -0.05) is 0 Å². The lowest BCUT2D eigenvalue weighted by atomic mass is 9.97. The molecule has 0 saturated carbocycles. The lowest BCUT2D eigenvalue weighted by molar-refractivity contribution is -0.178. The summed E-state index contributed by atoms with van der Waals surface area (Å²) in [6, 6.07) is 1.58. The molecule has 11 heavy (non-hydrogen) atoms. The van der Waals surface area contributed by atoms with Crippen molar-refractivity contribution in [1.29, 1.82) is 5.26 Å². The first-order valence-electron chi connectivity index (χ1n) is 3.10. The van der Waals surface area contributed by atoms with Gasteiger partial charge < -0.3 is 4.74 Å². The highest BCUT2D eigenvalue weighted by Crippen LogP contribution is 2.35. The molecular weight excluding hydrogens is 159 g/mol. The van der Waals surface area contributed by atoms with Gasteiger partial charge in [0.05, 0.1) is 31.1 Å². The van der Waals surface area contributed by atoms with Crippen molar-refractivity contribution in [2.24, 2.45) is 11.8 Å². The van der Waals surface area contributed by atoms with E-state index < -0.39 is 18.0 Å². The lowest BCUT2D eigenvalue weighted by Gasteiger charge is -2.14. The quantitative estimate of drug-likeness (QED) is 0.542. The summed E-state index contributed by atoms with van der Waals surface area (Å²) < 4.78 is 40.4. The Morgan fingerprint density at radius 2 is 2.00 bits per heavy atom. The zero-order valence-electron chi connectivity index (χ0n) is 5.56. The van der Waals surface area contributed by atoms with Crippen molar-refractivity contribution in [1.82, 2.24) is 0 Å². The minimum atomic E-state index is -4.29. The van der Waals surface area contributed by atoms with Crippen molar-refractivity contribution < 1.29 is 17.9 Å². The average Bonchev–Trinajstić information content (AvgIpc) is 2.31. The van der Waals surface area contributed by atoms with Crippen molar-refractivity contribution in [3.05, 3.63) is 0 Å². The lowest BCUT2D eigenvalue weighted by Crippen LogP contribution is -2.28. The molecule has 0 spiro atoms. The summed E-state index contributed by atoms with van der Waals surface area (Å²) in [4.78, 5) is 0. The molecule has 1 fully saturated rings. The Balaban J connectivity index is 2.66. The van der Waals surface area contributed by atoms with Gasteiger partial charge in [0.15, 0.2) is 0 Å². The molecule has 62 valence electrons. The Morgan fingerprint density at radius 1 is 1.36 bits per heavy atom. The van der Waals surface area contributed by atoms with Crippen LogP contribution in [0.4, 0.5) is 13.2 Å². The van der Waals surface area contributed by atoms with Crippen LogP contribution in [0.5, 0.6) is 0 Å². The van der Waals surface area contributed by atoms with E-state index in [-0.39, 0.29) is 13.2 Å². The molecule has 1 aliphatic heterocycles. The van der Waals surface area contributed by atoms with Crippen LogP contribution in [0.3, 0.4) is 0 Å². The minimum Gasteiger partial charge on any atom is -0.379 e. The standard InChI is InChI=1S/C6H6F3NO/c7-6(8,9)5-3-11-2-4(5)1-10/h4-5H,2-3H2. The molecule has 5 heteroatoms. The van der Waals surface area contributed by atoms with Crippen molar-refractivity contribution in [2.75, 3.05) is 13.2 Å². The first-order chi connectivity index (χ1) is 5.05. The van der Waals surface area contributed by atoms with Gasteiger partial charge in [-0.05, 0) is 0 Å². The van der Waals surface area contributed by atoms with Gasteiger partial charge in [0.2, 0.25) is 0 Å². The van der Waals surface area contributed by atoms with Gasteiger partial charge in [0, 0.05) is 0 Å². The van der Waals surface area contributed by atoms with Crippen LogP contribution in [0.1, 0.15) is 0 Å². The second-order valence-electron chi connectivity index (χ2n) is 2.42. The Labute approximate surface area is 61.6 Å². The maximum Gasteiger partial charge on any atom is 0.395 e. The molecule has 1 saturated heterocycles. The molecule has 0 bridgehead atoms. The van der Waals surface area contributed by atoms with Crippen LogP contribution in [-0.4, -0.2) is 19.4 Å². The molecule has 0 aromatic heterocycles. The molecule has 0 N–H and O–H groups in total. The smallest absolute Gasteiger partial charge is 0.379 e. The van der Waals surface area contributed by atoms with Crippen molar-refractivity contribution in [2.45, 2.75) is 6.18 Å². The van der Waals surface area contributed by atoms with E-state index in [1.165, 1.54) is 0 Å². The van der Waals surface area contributed by atoms with E-state index in [2.05, 4.69) is 4.74 Å². The van der Waals surface area contributed by atoms with Gasteiger partial charge in [0.1, 0.15) is 0 Å². The predicted molar refractivity (Wildman–Crippen MR) is 29.5 cm³/mol. The van der Waals surface area contributed by atoms with E-state index in [0.29, 0.717) is 0 Å². The normalized spacial score (nSPS) is 31.8. The van der Waals surface area contributed by atoms with Gasteiger partial charge in [0.25, 0.3) is 0 Å². The molecule has 2 unspecified atom stereocenters. The summed E-state index contributed by atoms with van der Waals surface area (Å²) in [5, 5.41) is 8.27. The van der Waals surface area contributed by atoms with Gasteiger partial charge in [-0.3, -0.25) is 0 Å². The van der Waals surface area contributed by atoms with E-state index in [0.717, 1.165) is 0 Å². The van der Waals surface area contributed by atoms with Crippen LogP contribution in [0.15, 0.2) is 0 Å². The van der Waals surface area contributed by atoms with Gasteiger partial charge in [-0.2, -0.15) is 18.4 Å². The van der Waals surface area contributed by atoms with E-state index in [1.807, 2.05) is 0 Å². The van der Waals surface area contributed by atoms with Crippen molar-refractivity contribution >= 4 is 0 Å². The zero-order chi connectivity index (χ0) is 8.48. The number of nitrogens with zero attached hydrogens (tertiary/aromatic N) is 1. The fourth-order valence-corrected chi connectivity index (χ4v) is 1.00. The SMILES string of the molecule is N#CC1COCC1C(F)(F)F. The van der Waals surface area contributed by atoms with Crippen LogP contribution in [0.2, 0.25) is 0 Å². The highest BCUT2D eigenvalue weighted by atomic mass is 19.4. The van der Waals surface area contributed by atoms with Gasteiger partial charge >= 0.3 is 6.18 Å². The second kappa shape index (κ2) is 2.70. The maximum absolute atomic E-state index is 12.0. The average molecular weight is 165 g/mol. The molecule has 1 heterocycles. The fourth-order valence-electron chi connectivity index (χ4n) is 1.00. The van der Waals surface area contributed by atoms with Crippen LogP contribution in [0, 0.1) is 23.2 Å². The first-order valence-corrected chi connectivity index (χ1v) is 3.10. The Bertz CT molecular complexity index is 183. The van der Waals surface area contributed by atoms with Crippen LogP contribution in [-0.2, 0) is 4.74 Å². The number of alkyl halides is 3. The number of hydrogen-bond acceptors (Lipinski definition) is 2. The molecule has 2 nitrogen and oxygen atoms in total. The predicted octanol–water partition coefficient (Wildman–Crippen LogP) is 1.33. The van der Waals surface area contributed by atoms with Gasteiger partial charge in [-0.15, -0.1) is 0 Å². The van der Waals surface area contributed by atoms with Crippen LogP contribution < -0.4 is 0 Å². The monoisotopic (exact) mass is 165 g/mol. The van der Waals surface area contributed by atoms with Gasteiger partial charge in [-0.25, -0.2) is 0 Å². The van der Waals surface area contributed by atoms with Crippen LogP contribution in [0.25, 0.3) is 0 Å². The Hall–Kier alpha value is -0.760. The summed E-state index contributed by atoms with van der Waals surface area (Å²) in [5.74, 6) is -2.61. The first kappa shape index (κ1) is 8.34. The molecule has 0 aliphatic carbocycles. The number of ether oxygens (including phenoxy) is 1. The maximum atomic E-state index is 12.0. The third-order valence-electron chi connectivity index (χ3n) is 1.67. The number of rotatable bonds is 0. The summed E-state index contributed by atoms with van der Waals surface area (Å²) in [7, 11) is 0. The van der Waals surface area contributed by atoms with Crippen LogP contribution >= 0.6 is 0 Å². The molecule has 0 amide bonds. The molecule has 1 aliphatic rings. The molecule has 1 rings (SSSR count). The van der Waals surface area contributed by atoms with E-state index >= 15 is 0 Å². The largest absolute Gasteiger partial charge is 0.395 e. The summed E-state index contributed by atoms with van der Waals surface area (Å²) in [5.41, 5.74) is 0. The minimum absolute atomic E-state index is 0.0966. The Kier molecular flexibility index (Phi) is 2.05. The third-order valence-corrected chi connectivity index (χ3v) is 1.67. The molecule has 0 aromatic carbocycles. The Morgan fingerprint density at radius 3 is 2.36 bits per heavy atom. The third kappa shape index (κ3) is 1.63. The molecule has 2 atom stereocenters. The summed E-state index contributed by atoms with van der Waals surface area (Å²) in [6.45, 7) is -0.470. The van der Waals surface area contributed by atoms with E-state index in [9.17, 15) is 13.2 Å².